The first-order chi connectivity index (χ1) is 9.42. The van der Waals surface area contributed by atoms with E-state index in [1.165, 1.54) is 6.07 Å². The number of halogens is 1. The SMILES string of the molecule is CCc1cccc(NS(=O)(=O)c2ccc(N)cc2Br)c1. The maximum Gasteiger partial charge on any atom is 0.263 e. The van der Waals surface area contributed by atoms with Crippen molar-refractivity contribution in [3.8, 4) is 0 Å². The number of benzene rings is 2. The summed E-state index contributed by atoms with van der Waals surface area (Å²) in [6, 6.07) is 11.9. The summed E-state index contributed by atoms with van der Waals surface area (Å²) in [6.07, 6.45) is 0.848. The number of aryl methyl sites for hydroxylation is 1. The fourth-order valence-corrected chi connectivity index (χ4v) is 3.95. The van der Waals surface area contributed by atoms with E-state index in [1.54, 1.807) is 18.2 Å². The van der Waals surface area contributed by atoms with Crippen LogP contribution in [0, 0.1) is 0 Å². The van der Waals surface area contributed by atoms with Crippen LogP contribution < -0.4 is 10.5 Å². The van der Waals surface area contributed by atoms with E-state index in [1.807, 2.05) is 25.1 Å². The summed E-state index contributed by atoms with van der Waals surface area (Å²) >= 11 is 3.23. The van der Waals surface area contributed by atoms with Gasteiger partial charge in [-0.2, -0.15) is 0 Å². The first kappa shape index (κ1) is 14.9. The largest absolute Gasteiger partial charge is 0.399 e. The summed E-state index contributed by atoms with van der Waals surface area (Å²) in [5.41, 5.74) is 7.74. The Morgan fingerprint density at radius 1 is 1.20 bits per heavy atom. The highest BCUT2D eigenvalue weighted by Gasteiger charge is 2.17. The molecule has 6 heteroatoms. The standard InChI is InChI=1S/C14H15BrN2O2S/c1-2-10-4-3-5-12(8-10)17-20(18,19)14-7-6-11(16)9-13(14)15/h3-9,17H,2,16H2,1H3. The Morgan fingerprint density at radius 2 is 1.95 bits per heavy atom. The summed E-state index contributed by atoms with van der Waals surface area (Å²) in [5.74, 6) is 0. The second-order valence-electron chi connectivity index (χ2n) is 4.35. The minimum absolute atomic E-state index is 0.161. The fourth-order valence-electron chi connectivity index (χ4n) is 1.80. The van der Waals surface area contributed by atoms with Crippen molar-refractivity contribution < 1.29 is 8.42 Å². The summed E-state index contributed by atoms with van der Waals surface area (Å²) < 4.78 is 27.7. The topological polar surface area (TPSA) is 72.2 Å². The van der Waals surface area contributed by atoms with Crippen molar-refractivity contribution in [2.45, 2.75) is 18.2 Å². The molecule has 0 aliphatic heterocycles. The van der Waals surface area contributed by atoms with Gasteiger partial charge in [-0.15, -0.1) is 0 Å². The van der Waals surface area contributed by atoms with Crippen molar-refractivity contribution in [2.24, 2.45) is 0 Å². The Morgan fingerprint density at radius 3 is 2.60 bits per heavy atom. The number of hydrogen-bond acceptors (Lipinski definition) is 3. The molecule has 2 aromatic carbocycles. The summed E-state index contributed by atoms with van der Waals surface area (Å²) in [4.78, 5) is 0.161. The van der Waals surface area contributed by atoms with E-state index in [4.69, 9.17) is 5.73 Å². The van der Waals surface area contributed by atoms with E-state index in [-0.39, 0.29) is 4.90 Å². The van der Waals surface area contributed by atoms with Crippen LogP contribution >= 0.6 is 15.9 Å². The lowest BCUT2D eigenvalue weighted by atomic mass is 10.1. The number of nitrogen functional groups attached to an aromatic ring is 1. The van der Waals surface area contributed by atoms with Gasteiger partial charge >= 0.3 is 0 Å². The van der Waals surface area contributed by atoms with Crippen molar-refractivity contribution in [3.05, 3.63) is 52.5 Å². The molecule has 0 aliphatic rings. The molecule has 0 unspecified atom stereocenters. The molecule has 2 aromatic rings. The average molecular weight is 355 g/mol. The van der Waals surface area contributed by atoms with E-state index in [0.29, 0.717) is 15.8 Å². The van der Waals surface area contributed by atoms with Gasteiger partial charge < -0.3 is 5.73 Å². The number of nitrogens with two attached hydrogens (primary N) is 1. The Hall–Kier alpha value is -1.53. The molecular formula is C14H15BrN2O2S. The molecule has 0 atom stereocenters. The number of rotatable bonds is 4. The first-order valence-corrected chi connectivity index (χ1v) is 8.37. The third-order valence-corrected chi connectivity index (χ3v) is 5.19. The normalized spacial score (nSPS) is 11.3. The van der Waals surface area contributed by atoms with Crippen LogP contribution in [0.3, 0.4) is 0 Å². The zero-order valence-electron chi connectivity index (χ0n) is 10.9. The number of anilines is 2. The minimum Gasteiger partial charge on any atom is -0.399 e. The lowest BCUT2D eigenvalue weighted by molar-refractivity contribution is 0.601. The Kier molecular flexibility index (Phi) is 4.35. The van der Waals surface area contributed by atoms with Gasteiger partial charge in [-0.3, -0.25) is 4.72 Å². The molecular weight excluding hydrogens is 340 g/mol. The predicted octanol–water partition coefficient (Wildman–Crippen LogP) is 3.39. The molecule has 0 aromatic heterocycles. The highest BCUT2D eigenvalue weighted by Crippen LogP contribution is 2.26. The number of nitrogens with one attached hydrogen (secondary N) is 1. The van der Waals surface area contributed by atoms with Gasteiger partial charge in [-0.25, -0.2) is 8.42 Å². The molecule has 0 amide bonds. The number of hydrogen-bond donors (Lipinski definition) is 2. The van der Waals surface area contributed by atoms with Crippen molar-refractivity contribution in [3.63, 3.8) is 0 Å². The van der Waals surface area contributed by atoms with Crippen LogP contribution in [0.2, 0.25) is 0 Å². The van der Waals surface area contributed by atoms with Crippen molar-refractivity contribution in [1.82, 2.24) is 0 Å². The predicted molar refractivity (Wildman–Crippen MR) is 85.2 cm³/mol. The first-order valence-electron chi connectivity index (χ1n) is 6.09. The van der Waals surface area contributed by atoms with Crippen LogP contribution in [0.5, 0.6) is 0 Å². The average Bonchev–Trinajstić information content (AvgIpc) is 2.37. The smallest absolute Gasteiger partial charge is 0.263 e. The molecule has 0 saturated heterocycles. The molecule has 4 nitrogen and oxygen atoms in total. The lowest BCUT2D eigenvalue weighted by Crippen LogP contribution is -2.13. The van der Waals surface area contributed by atoms with E-state index >= 15 is 0 Å². The molecule has 3 N–H and O–H groups in total. The number of sulfonamides is 1. The fraction of sp³-hybridized carbons (Fsp3) is 0.143. The van der Waals surface area contributed by atoms with Gasteiger partial charge in [0.15, 0.2) is 0 Å². The monoisotopic (exact) mass is 354 g/mol. The van der Waals surface area contributed by atoms with E-state index < -0.39 is 10.0 Å². The Bertz CT molecular complexity index is 730. The molecule has 2 rings (SSSR count). The molecule has 0 radical (unpaired) electrons. The molecule has 0 heterocycles. The zero-order chi connectivity index (χ0) is 14.8. The van der Waals surface area contributed by atoms with Gasteiger partial charge in [0.25, 0.3) is 10.0 Å². The molecule has 20 heavy (non-hydrogen) atoms. The van der Waals surface area contributed by atoms with Gasteiger partial charge in [-0.1, -0.05) is 19.1 Å². The van der Waals surface area contributed by atoms with Crippen LogP contribution in [0.4, 0.5) is 11.4 Å². The lowest BCUT2D eigenvalue weighted by Gasteiger charge is -2.11. The van der Waals surface area contributed by atoms with Gasteiger partial charge in [0.2, 0.25) is 0 Å². The third kappa shape index (κ3) is 3.32. The van der Waals surface area contributed by atoms with Crippen LogP contribution in [0.25, 0.3) is 0 Å². The maximum atomic E-state index is 12.4. The van der Waals surface area contributed by atoms with Gasteiger partial charge in [-0.05, 0) is 58.2 Å². The quantitative estimate of drug-likeness (QED) is 0.826. The highest BCUT2D eigenvalue weighted by atomic mass is 79.9. The third-order valence-electron chi connectivity index (χ3n) is 2.83. The van der Waals surface area contributed by atoms with Gasteiger partial charge in [0.1, 0.15) is 4.90 Å². The summed E-state index contributed by atoms with van der Waals surface area (Å²) in [6.45, 7) is 2.02. The van der Waals surface area contributed by atoms with Crippen LogP contribution in [0.15, 0.2) is 51.8 Å². The van der Waals surface area contributed by atoms with Crippen LogP contribution in [-0.4, -0.2) is 8.42 Å². The molecule has 0 saturated carbocycles. The second kappa shape index (κ2) is 5.85. The van der Waals surface area contributed by atoms with E-state index in [9.17, 15) is 8.42 Å². The van der Waals surface area contributed by atoms with E-state index in [0.717, 1.165) is 12.0 Å². The van der Waals surface area contributed by atoms with E-state index in [2.05, 4.69) is 20.7 Å². The Labute approximate surface area is 127 Å². The molecule has 106 valence electrons. The summed E-state index contributed by atoms with van der Waals surface area (Å²) in [5, 5.41) is 0. The summed E-state index contributed by atoms with van der Waals surface area (Å²) in [7, 11) is -3.64. The van der Waals surface area contributed by atoms with Crippen LogP contribution in [0.1, 0.15) is 12.5 Å². The molecule has 0 fully saturated rings. The van der Waals surface area contributed by atoms with Crippen molar-refractivity contribution in [2.75, 3.05) is 10.5 Å². The van der Waals surface area contributed by atoms with Gasteiger partial charge in [0, 0.05) is 15.8 Å². The second-order valence-corrected chi connectivity index (χ2v) is 6.85. The maximum absolute atomic E-state index is 12.4. The Balaban J connectivity index is 2.35. The van der Waals surface area contributed by atoms with Crippen LogP contribution in [-0.2, 0) is 16.4 Å². The highest BCUT2D eigenvalue weighted by molar-refractivity contribution is 9.10. The molecule has 0 bridgehead atoms. The van der Waals surface area contributed by atoms with Crippen molar-refractivity contribution >= 4 is 37.3 Å². The zero-order valence-corrected chi connectivity index (χ0v) is 13.3. The molecule has 0 aliphatic carbocycles. The minimum atomic E-state index is -3.64. The van der Waals surface area contributed by atoms with Crippen molar-refractivity contribution in [1.29, 1.82) is 0 Å². The van der Waals surface area contributed by atoms with Gasteiger partial charge in [0.05, 0.1) is 0 Å². The molecule has 0 spiro atoms.